The number of nitrogens with one attached hydrogen (secondary N) is 2. The van der Waals surface area contributed by atoms with Crippen LogP contribution in [0, 0.1) is 0 Å². The van der Waals surface area contributed by atoms with Gasteiger partial charge in [-0.2, -0.15) is 0 Å². The van der Waals surface area contributed by atoms with E-state index in [0.717, 1.165) is 11.4 Å². The van der Waals surface area contributed by atoms with Gasteiger partial charge in [-0.25, -0.2) is 0 Å². The number of benzene rings is 1. The molecule has 112 valence electrons. The van der Waals surface area contributed by atoms with Crippen molar-refractivity contribution in [3.8, 4) is 0 Å². The maximum absolute atomic E-state index is 5.92. The molecule has 0 aromatic heterocycles. The van der Waals surface area contributed by atoms with Gasteiger partial charge >= 0.3 is 0 Å². The highest BCUT2D eigenvalue weighted by atomic mass is 35.5. The van der Waals surface area contributed by atoms with Crippen LogP contribution >= 0.6 is 11.6 Å². The van der Waals surface area contributed by atoms with Crippen molar-refractivity contribution >= 4 is 11.6 Å². The molecule has 3 unspecified atom stereocenters. The molecule has 3 atom stereocenters. The van der Waals surface area contributed by atoms with Crippen molar-refractivity contribution < 1.29 is 0 Å². The highest BCUT2D eigenvalue weighted by Crippen LogP contribution is 2.14. The second kappa shape index (κ2) is 8.02. The average molecular weight is 295 g/mol. The molecule has 0 radical (unpaired) electrons. The van der Waals surface area contributed by atoms with Gasteiger partial charge in [-0.1, -0.05) is 30.2 Å². The molecule has 1 saturated heterocycles. The van der Waals surface area contributed by atoms with E-state index < -0.39 is 0 Å². The molecule has 1 aliphatic rings. The number of hydrogen-bond donors (Lipinski definition) is 2. The summed E-state index contributed by atoms with van der Waals surface area (Å²) in [5, 5.41) is 8.15. The van der Waals surface area contributed by atoms with Gasteiger partial charge in [-0.15, -0.1) is 0 Å². The van der Waals surface area contributed by atoms with Gasteiger partial charge in [0, 0.05) is 23.1 Å². The van der Waals surface area contributed by atoms with Gasteiger partial charge in [0.2, 0.25) is 0 Å². The van der Waals surface area contributed by atoms with E-state index in [1.54, 1.807) is 0 Å². The molecule has 2 rings (SSSR count). The first kappa shape index (κ1) is 15.8. The minimum Gasteiger partial charge on any atom is -0.314 e. The third kappa shape index (κ3) is 5.43. The molecule has 1 heterocycles. The van der Waals surface area contributed by atoms with Crippen LogP contribution in [-0.4, -0.2) is 24.7 Å². The van der Waals surface area contributed by atoms with E-state index in [9.17, 15) is 0 Å². The third-order valence-electron chi connectivity index (χ3n) is 4.07. The number of piperidine rings is 1. The Balaban J connectivity index is 1.72. The summed E-state index contributed by atoms with van der Waals surface area (Å²) in [7, 11) is 0. The van der Waals surface area contributed by atoms with Gasteiger partial charge < -0.3 is 10.6 Å². The predicted octanol–water partition coefficient (Wildman–Crippen LogP) is 3.78. The Hall–Kier alpha value is -0.570. The van der Waals surface area contributed by atoms with Crippen molar-refractivity contribution in [2.24, 2.45) is 0 Å². The Morgan fingerprint density at radius 1 is 1.20 bits per heavy atom. The Bertz CT molecular complexity index is 384. The molecular weight excluding hydrogens is 268 g/mol. The molecule has 2 nitrogen and oxygen atoms in total. The average Bonchev–Trinajstić information content (AvgIpc) is 2.42. The van der Waals surface area contributed by atoms with Crippen molar-refractivity contribution in [2.75, 3.05) is 6.54 Å². The highest BCUT2D eigenvalue weighted by molar-refractivity contribution is 6.30. The lowest BCUT2D eigenvalue weighted by Gasteiger charge is -2.28. The van der Waals surface area contributed by atoms with Gasteiger partial charge in [0.1, 0.15) is 0 Å². The first-order valence-electron chi connectivity index (χ1n) is 7.87. The lowest BCUT2D eigenvalue weighted by atomic mass is 9.98. The maximum atomic E-state index is 5.92. The molecule has 1 aromatic carbocycles. The zero-order valence-corrected chi connectivity index (χ0v) is 13.4. The molecule has 0 aliphatic carbocycles. The SMILES string of the molecule is CC(Cc1ccc(Cl)cc1)NC(C)CC1CCCCN1. The molecule has 0 bridgehead atoms. The highest BCUT2D eigenvalue weighted by Gasteiger charge is 2.16. The first-order valence-corrected chi connectivity index (χ1v) is 8.25. The Morgan fingerprint density at radius 2 is 1.95 bits per heavy atom. The monoisotopic (exact) mass is 294 g/mol. The summed E-state index contributed by atoms with van der Waals surface area (Å²) in [6.45, 7) is 5.76. The molecule has 0 amide bonds. The summed E-state index contributed by atoms with van der Waals surface area (Å²) in [6, 6.07) is 9.94. The van der Waals surface area contributed by atoms with Crippen molar-refractivity contribution in [1.82, 2.24) is 10.6 Å². The molecule has 0 saturated carbocycles. The minimum absolute atomic E-state index is 0.495. The van der Waals surface area contributed by atoms with Crippen molar-refractivity contribution in [3.63, 3.8) is 0 Å². The number of rotatable bonds is 6. The first-order chi connectivity index (χ1) is 9.63. The zero-order chi connectivity index (χ0) is 14.4. The molecule has 20 heavy (non-hydrogen) atoms. The topological polar surface area (TPSA) is 24.1 Å². The van der Waals surface area contributed by atoms with Crippen LogP contribution in [0.5, 0.6) is 0 Å². The Morgan fingerprint density at radius 3 is 2.60 bits per heavy atom. The van der Waals surface area contributed by atoms with Crippen LogP contribution in [0.1, 0.15) is 45.1 Å². The summed E-state index contributed by atoms with van der Waals surface area (Å²) in [6.07, 6.45) is 6.33. The summed E-state index contributed by atoms with van der Waals surface area (Å²) in [5.41, 5.74) is 1.34. The molecule has 1 aliphatic heterocycles. The summed E-state index contributed by atoms with van der Waals surface area (Å²) < 4.78 is 0. The van der Waals surface area contributed by atoms with E-state index in [1.165, 1.54) is 37.8 Å². The summed E-state index contributed by atoms with van der Waals surface area (Å²) in [5.74, 6) is 0. The van der Waals surface area contributed by atoms with E-state index in [1.807, 2.05) is 12.1 Å². The molecule has 2 N–H and O–H groups in total. The second-order valence-corrected chi connectivity index (χ2v) is 6.62. The Labute approximate surface area is 128 Å². The van der Waals surface area contributed by atoms with Crippen LogP contribution in [-0.2, 0) is 6.42 Å². The fraction of sp³-hybridized carbons (Fsp3) is 0.647. The third-order valence-corrected chi connectivity index (χ3v) is 4.33. The van der Waals surface area contributed by atoms with Crippen molar-refractivity contribution in [1.29, 1.82) is 0 Å². The molecule has 0 spiro atoms. The van der Waals surface area contributed by atoms with Crippen LogP contribution in [0.4, 0.5) is 0 Å². The molecular formula is C17H27ClN2. The van der Waals surface area contributed by atoms with E-state index in [0.29, 0.717) is 18.1 Å². The predicted molar refractivity (Wildman–Crippen MR) is 87.5 cm³/mol. The number of hydrogen-bond acceptors (Lipinski definition) is 2. The number of halogens is 1. The zero-order valence-electron chi connectivity index (χ0n) is 12.7. The van der Waals surface area contributed by atoms with Gasteiger partial charge in [0.25, 0.3) is 0 Å². The molecule has 1 fully saturated rings. The van der Waals surface area contributed by atoms with Crippen LogP contribution in [0.15, 0.2) is 24.3 Å². The van der Waals surface area contributed by atoms with Gasteiger partial charge in [-0.3, -0.25) is 0 Å². The lowest BCUT2D eigenvalue weighted by molar-refractivity contribution is 0.332. The fourth-order valence-corrected chi connectivity index (χ4v) is 3.26. The quantitative estimate of drug-likeness (QED) is 0.834. The van der Waals surface area contributed by atoms with Crippen LogP contribution in [0.3, 0.4) is 0 Å². The van der Waals surface area contributed by atoms with Crippen LogP contribution < -0.4 is 10.6 Å². The maximum Gasteiger partial charge on any atom is 0.0406 e. The lowest BCUT2D eigenvalue weighted by Crippen LogP contribution is -2.42. The molecule has 3 heteroatoms. The van der Waals surface area contributed by atoms with E-state index in [-0.39, 0.29) is 0 Å². The largest absolute Gasteiger partial charge is 0.314 e. The molecule has 1 aromatic rings. The normalized spacial score (nSPS) is 22.4. The fourth-order valence-electron chi connectivity index (χ4n) is 3.14. The van der Waals surface area contributed by atoms with Crippen molar-refractivity contribution in [3.05, 3.63) is 34.9 Å². The Kier molecular flexibility index (Phi) is 6.34. The van der Waals surface area contributed by atoms with E-state index in [2.05, 4.69) is 36.6 Å². The van der Waals surface area contributed by atoms with Crippen LogP contribution in [0.25, 0.3) is 0 Å². The second-order valence-electron chi connectivity index (χ2n) is 6.18. The standard InChI is InChI=1S/C17H27ClN2/c1-13(11-15-6-8-16(18)9-7-15)20-14(2)12-17-5-3-4-10-19-17/h6-9,13-14,17,19-20H,3-5,10-12H2,1-2H3. The van der Waals surface area contributed by atoms with Gasteiger partial charge in [0.05, 0.1) is 0 Å². The smallest absolute Gasteiger partial charge is 0.0406 e. The van der Waals surface area contributed by atoms with Gasteiger partial charge in [-0.05, 0) is 63.8 Å². The van der Waals surface area contributed by atoms with Crippen molar-refractivity contribution in [2.45, 2.75) is 64.1 Å². The minimum atomic E-state index is 0.495. The van der Waals surface area contributed by atoms with Crippen LogP contribution in [0.2, 0.25) is 5.02 Å². The van der Waals surface area contributed by atoms with E-state index >= 15 is 0 Å². The summed E-state index contributed by atoms with van der Waals surface area (Å²) >= 11 is 5.92. The van der Waals surface area contributed by atoms with E-state index in [4.69, 9.17) is 11.6 Å². The summed E-state index contributed by atoms with van der Waals surface area (Å²) in [4.78, 5) is 0. The van der Waals surface area contributed by atoms with Gasteiger partial charge in [0.15, 0.2) is 0 Å².